The van der Waals surface area contributed by atoms with E-state index in [0.717, 1.165) is 33.9 Å². The summed E-state index contributed by atoms with van der Waals surface area (Å²) in [6, 6.07) is 54.0. The number of hydrogen-bond acceptors (Lipinski definition) is 13. The summed E-state index contributed by atoms with van der Waals surface area (Å²) in [6.07, 6.45) is 20.5. The van der Waals surface area contributed by atoms with Crippen molar-refractivity contribution in [2.24, 2.45) is 5.92 Å². The molecule has 0 spiro atoms. The van der Waals surface area contributed by atoms with Crippen molar-refractivity contribution in [2.75, 3.05) is 26.6 Å². The predicted octanol–water partition coefficient (Wildman–Crippen LogP) is 24.1. The number of H-pyrrole nitrogens is 5. The van der Waals surface area contributed by atoms with E-state index < -0.39 is 41.4 Å². The number of pyridine rings is 2. The Kier molecular flexibility index (Phi) is 31.7. The van der Waals surface area contributed by atoms with Gasteiger partial charge in [-0.2, -0.15) is 45.6 Å². The third kappa shape index (κ3) is 26.0. The van der Waals surface area contributed by atoms with Gasteiger partial charge in [0.1, 0.15) is 58.2 Å². The zero-order chi connectivity index (χ0) is 96.6. The topological polar surface area (TPSA) is 315 Å². The fourth-order valence-electron chi connectivity index (χ4n) is 13.6. The third-order valence-corrected chi connectivity index (χ3v) is 21.4. The molecule has 8 aromatic heterocycles. The van der Waals surface area contributed by atoms with Gasteiger partial charge in [-0.25, -0.2) is 43.9 Å². The number of benzene rings is 10. The van der Waals surface area contributed by atoms with Gasteiger partial charge in [0.25, 0.3) is 11.8 Å². The minimum Gasteiger partial charge on any atom is -0.323 e. The van der Waals surface area contributed by atoms with Crippen molar-refractivity contribution in [3.8, 4) is 0 Å². The van der Waals surface area contributed by atoms with Gasteiger partial charge in [0.05, 0.1) is 103 Å². The largest absolute Gasteiger partial charge is 0.323 e. The number of fused-ring (bicyclic) bond motifs is 5. The fraction of sp³-hybridized carbons (Fsp3) is 0.0784. The molecule has 0 saturated heterocycles. The highest BCUT2D eigenvalue weighted by atomic mass is 32.1. The smallest absolute Gasteiger partial charge is 0.315 e. The van der Waals surface area contributed by atoms with Crippen LogP contribution in [0.1, 0.15) is 105 Å². The van der Waals surface area contributed by atoms with Crippen LogP contribution in [0.15, 0.2) is 248 Å². The van der Waals surface area contributed by atoms with Gasteiger partial charge in [0, 0.05) is 92.8 Å². The van der Waals surface area contributed by atoms with E-state index in [1.165, 1.54) is 108 Å². The van der Waals surface area contributed by atoms with Crippen LogP contribution < -0.4 is 26.6 Å². The summed E-state index contributed by atoms with van der Waals surface area (Å²) >= 11 is 1.39. The Balaban J connectivity index is 0.000000137. The number of carbonyl (C=O) groups is 5. The molecular formula is C102H77F12N17O5S. The summed E-state index contributed by atoms with van der Waals surface area (Å²) in [5.41, 5.74) is 10.9. The van der Waals surface area contributed by atoms with Gasteiger partial charge in [0.15, 0.2) is 0 Å². The first-order valence-corrected chi connectivity index (χ1v) is 42.8. The van der Waals surface area contributed by atoms with Crippen LogP contribution in [0.25, 0.3) is 115 Å². The number of nitrogens with zero attached hydrogens (tertiary/aromatic N) is 7. The molecule has 18 aromatic rings. The van der Waals surface area contributed by atoms with Crippen molar-refractivity contribution in [3.05, 3.63) is 379 Å². The van der Waals surface area contributed by atoms with E-state index in [2.05, 4.69) is 82.2 Å². The number of hydrogen-bond donors (Lipinski definition) is 10. The first-order valence-electron chi connectivity index (χ1n) is 41.9. The molecule has 10 aromatic carbocycles. The lowest BCUT2D eigenvalue weighted by Crippen LogP contribution is -2.22. The minimum atomic E-state index is -3.25. The van der Waals surface area contributed by atoms with Gasteiger partial charge in [0.2, 0.25) is 17.7 Å². The van der Waals surface area contributed by atoms with Crippen molar-refractivity contribution in [1.82, 2.24) is 61.0 Å². The normalized spacial score (nSPS) is 11.4. The fourth-order valence-corrected chi connectivity index (χ4v) is 14.2. The molecular weight excluding hydrogens is 1800 g/mol. The summed E-state index contributed by atoms with van der Waals surface area (Å²) in [6.45, 7) is 3.86. The summed E-state index contributed by atoms with van der Waals surface area (Å²) in [7, 11) is 0. The molecule has 8 heterocycles. The number of amides is 5. The Morgan fingerprint density at radius 1 is 0.350 bits per heavy atom. The number of aromatic nitrogens is 12. The molecule has 35 heteroatoms. The van der Waals surface area contributed by atoms with Crippen molar-refractivity contribution < 1.29 is 76.7 Å². The zero-order valence-electron chi connectivity index (χ0n) is 72.0. The molecule has 0 atom stereocenters. The van der Waals surface area contributed by atoms with Gasteiger partial charge in [-0.05, 0) is 197 Å². The number of carbonyl (C=O) groups excluding carboxylic acids is 5. The second kappa shape index (κ2) is 45.3. The van der Waals surface area contributed by atoms with Gasteiger partial charge >= 0.3 is 6.43 Å². The second-order valence-corrected chi connectivity index (χ2v) is 31.0. The summed E-state index contributed by atoms with van der Waals surface area (Å²) in [4.78, 5) is 68.1. The number of thiophene rings is 1. The van der Waals surface area contributed by atoms with E-state index in [9.17, 15) is 76.7 Å². The van der Waals surface area contributed by atoms with Crippen LogP contribution in [0.4, 0.5) is 81.1 Å². The van der Waals surface area contributed by atoms with Crippen LogP contribution in [0, 0.1) is 64.1 Å². The quantitative estimate of drug-likeness (QED) is 0.0253. The molecule has 5 amide bonds. The van der Waals surface area contributed by atoms with E-state index in [-0.39, 0.29) is 99.9 Å². The van der Waals surface area contributed by atoms with Crippen LogP contribution in [-0.4, -0.2) is 96.9 Å². The van der Waals surface area contributed by atoms with E-state index >= 15 is 0 Å². The summed E-state index contributed by atoms with van der Waals surface area (Å²) < 4.78 is 161. The average Bonchev–Trinajstić information content (AvgIpc) is 1.69. The maximum atomic E-state index is 14.4. The van der Waals surface area contributed by atoms with Crippen LogP contribution in [0.3, 0.4) is 0 Å². The molecule has 0 aliphatic rings. The van der Waals surface area contributed by atoms with Gasteiger partial charge in [-0.15, -0.1) is 0 Å². The molecule has 0 radical (unpaired) electrons. The first kappa shape index (κ1) is 95.8. The maximum absolute atomic E-state index is 14.4. The van der Waals surface area contributed by atoms with Crippen LogP contribution >= 0.6 is 11.3 Å². The van der Waals surface area contributed by atoms with Crippen molar-refractivity contribution >= 4 is 185 Å². The van der Waals surface area contributed by atoms with Crippen LogP contribution in [0.5, 0.6) is 0 Å². The number of aromatic amines is 5. The number of halogens is 12. The Hall–Kier alpha value is -17.2. The standard InChI is InChI=1S/2C22H16F2N4O.C21H21F2N3O.C20H13F2N3OS.C17H11F4N3O/c23-16-6-3-14(4-7-16)5-8-19-17-11-21(18(24)12-20(17)28-27-19)26-22(29)10-15-2-1-9-25-13-15;23-15-7-4-14(5-8-15)6-9-19-17-12-21(18(24)13-20(17)28-27-19)26-22(29)11-16-3-1-2-10-25-16;1-3-14(4-2)21(27)24-20-11-16-18(25-26-19(16)12-17(20)23)10-7-13-5-8-15(22)9-6-13;21-14-4-1-12(2-5-14)3-6-17-15-9-19(16(22)10-18(15)25-24-17)23-20(26)13-7-8-27-11-13;18-10-4-1-9(2-5-10)3-6-13-11-7-15(22-17(25)16(20)21)12(19)8-14(11)24-23-13/h1-9,11-13H,10H2,(H,26,29)(H,27,28);1-10,12-13H,11H2,(H,26,29)(H,27,28);5-12,14H,3-4H2,1-2H3,(H,24,27)(H,25,26);1-11H,(H,23,26)(H,24,25);1-8,16H,(H,22,25)(H,23,24)/b8-5+;9-6+;10-7+;2*6-3+. The van der Waals surface area contributed by atoms with Gasteiger partial charge in [-0.1, -0.05) is 117 Å². The van der Waals surface area contributed by atoms with Gasteiger partial charge < -0.3 is 26.6 Å². The predicted molar refractivity (Wildman–Crippen MR) is 510 cm³/mol. The van der Waals surface area contributed by atoms with Crippen molar-refractivity contribution in [1.29, 1.82) is 0 Å². The second-order valence-electron chi connectivity index (χ2n) is 30.2. The Bertz CT molecular complexity index is 7290. The molecule has 0 bridgehead atoms. The number of nitrogens with one attached hydrogen (secondary N) is 10. The van der Waals surface area contributed by atoms with Crippen molar-refractivity contribution in [3.63, 3.8) is 0 Å². The number of alkyl halides is 2. The van der Waals surface area contributed by atoms with E-state index in [1.54, 1.807) is 205 Å². The lowest BCUT2D eigenvalue weighted by Gasteiger charge is -2.13. The number of rotatable bonds is 24. The van der Waals surface area contributed by atoms with Crippen molar-refractivity contribution in [2.45, 2.75) is 46.0 Å². The molecule has 22 nitrogen and oxygen atoms in total. The van der Waals surface area contributed by atoms with E-state index in [1.807, 2.05) is 19.2 Å². The Morgan fingerprint density at radius 2 is 0.672 bits per heavy atom. The Labute approximate surface area is 775 Å². The maximum Gasteiger partial charge on any atom is 0.315 e. The summed E-state index contributed by atoms with van der Waals surface area (Å²) in [5.74, 6) is -7.66. The molecule has 0 aliphatic heterocycles. The molecule has 10 N–H and O–H groups in total. The third-order valence-electron chi connectivity index (χ3n) is 20.7. The summed E-state index contributed by atoms with van der Waals surface area (Å²) in [5, 5.41) is 53.3. The molecule has 18 rings (SSSR count). The minimum absolute atomic E-state index is 0.0427. The molecule has 690 valence electrons. The molecule has 0 saturated carbocycles. The monoisotopic (exact) mass is 1880 g/mol. The molecule has 0 aliphatic carbocycles. The SMILES string of the molecule is CCC(CC)C(=O)Nc1cc2c(/C=C/c3ccc(F)cc3)n[nH]c2cc1F.O=C(Cc1ccccn1)Nc1cc2c(/C=C/c3ccc(F)cc3)n[nH]c2cc1F.O=C(Cc1cccnc1)Nc1cc2c(/C=C/c3ccc(F)cc3)n[nH]c2cc1F.O=C(Nc1cc2c(/C=C/c3ccc(F)cc3)n[nH]c2cc1F)C(F)F.O=C(Nc1cc2c(/C=C/c3ccc(F)cc3)n[nH]c2cc1F)c1ccsc1. The van der Waals surface area contributed by atoms with Crippen LogP contribution in [-0.2, 0) is 32.0 Å². The highest BCUT2D eigenvalue weighted by molar-refractivity contribution is 7.08. The molecule has 137 heavy (non-hydrogen) atoms. The van der Waals surface area contributed by atoms with Crippen LogP contribution in [0.2, 0.25) is 0 Å². The van der Waals surface area contributed by atoms with E-state index in [4.69, 9.17) is 0 Å². The lowest BCUT2D eigenvalue weighted by atomic mass is 10.0. The Morgan fingerprint density at radius 3 is 0.964 bits per heavy atom. The highest BCUT2D eigenvalue weighted by Crippen LogP contribution is 2.33. The molecule has 0 unspecified atom stereocenters. The first-order chi connectivity index (χ1) is 66.2. The zero-order valence-corrected chi connectivity index (χ0v) is 72.9. The number of anilines is 5. The highest BCUT2D eigenvalue weighted by Gasteiger charge is 2.23. The lowest BCUT2D eigenvalue weighted by molar-refractivity contribution is -0.126. The average molecular weight is 1880 g/mol. The van der Waals surface area contributed by atoms with Gasteiger partial charge in [-0.3, -0.25) is 59.4 Å². The van der Waals surface area contributed by atoms with E-state index in [0.29, 0.717) is 113 Å². The molecule has 0 fully saturated rings.